The molecule has 1 aliphatic rings. The van der Waals surface area contributed by atoms with Gasteiger partial charge in [0.15, 0.2) is 11.5 Å². The van der Waals surface area contributed by atoms with E-state index in [-0.39, 0.29) is 23.5 Å². The van der Waals surface area contributed by atoms with Crippen LogP contribution >= 0.6 is 0 Å². The van der Waals surface area contributed by atoms with E-state index in [2.05, 4.69) is 5.32 Å². The van der Waals surface area contributed by atoms with Crippen molar-refractivity contribution in [3.8, 4) is 11.5 Å². The fourth-order valence-electron chi connectivity index (χ4n) is 3.55. The number of nitrogens with one attached hydrogen (secondary N) is 1. The molecule has 2 aromatic rings. The third-order valence-corrected chi connectivity index (χ3v) is 5.08. The number of imide groups is 1. The molecule has 1 aliphatic heterocycles. The Morgan fingerprint density at radius 1 is 0.971 bits per heavy atom. The van der Waals surface area contributed by atoms with E-state index in [1.807, 2.05) is 13.8 Å². The fraction of sp³-hybridized carbons (Fsp3) is 0.333. The number of amides is 2. The van der Waals surface area contributed by atoms with Gasteiger partial charge in [0.25, 0.3) is 17.5 Å². The molecule has 2 aromatic carbocycles. The van der Waals surface area contributed by atoms with E-state index in [1.165, 1.54) is 24.3 Å². The highest BCUT2D eigenvalue weighted by Crippen LogP contribution is 2.35. The minimum Gasteiger partial charge on any atom is -0.490 e. The number of methoxy groups -OCH3 is 1. The standard InChI is InChI=1S/C24H27N3O7/c1-4-33-19-12-9-17(15-20(19)34-5-2)25-22-21(16-7-10-18(11-8-16)27(30)31)23(28)26(24(22)29)13-6-14-32-3/h7-12,15,25H,4-6,13-14H2,1-3H3. The number of rotatable bonds is 12. The van der Waals surface area contributed by atoms with Gasteiger partial charge in [-0.1, -0.05) is 0 Å². The first-order chi connectivity index (χ1) is 16.4. The van der Waals surface area contributed by atoms with Gasteiger partial charge in [0.1, 0.15) is 5.70 Å². The van der Waals surface area contributed by atoms with E-state index in [0.29, 0.717) is 49.0 Å². The normalized spacial score (nSPS) is 13.4. The van der Waals surface area contributed by atoms with Crippen molar-refractivity contribution in [1.29, 1.82) is 0 Å². The molecule has 0 spiro atoms. The van der Waals surface area contributed by atoms with Gasteiger partial charge in [0, 0.05) is 44.1 Å². The molecule has 0 saturated carbocycles. The van der Waals surface area contributed by atoms with Gasteiger partial charge in [-0.2, -0.15) is 0 Å². The van der Waals surface area contributed by atoms with Crippen LogP contribution in [0.1, 0.15) is 25.8 Å². The largest absolute Gasteiger partial charge is 0.490 e. The Hall–Kier alpha value is -3.92. The van der Waals surface area contributed by atoms with Crippen LogP contribution in [0.2, 0.25) is 0 Å². The lowest BCUT2D eigenvalue weighted by Crippen LogP contribution is -2.33. The predicted molar refractivity (Wildman–Crippen MR) is 126 cm³/mol. The van der Waals surface area contributed by atoms with Crippen LogP contribution in [-0.2, 0) is 14.3 Å². The minimum absolute atomic E-state index is 0.0860. The Labute approximate surface area is 197 Å². The SMILES string of the molecule is CCOc1ccc(NC2=C(c3ccc([N+](=O)[O-])cc3)C(=O)N(CCCOC)C2=O)cc1OCC. The van der Waals surface area contributed by atoms with Crippen molar-refractivity contribution in [3.63, 3.8) is 0 Å². The topological polar surface area (TPSA) is 120 Å². The van der Waals surface area contributed by atoms with Crippen LogP contribution in [0.5, 0.6) is 11.5 Å². The van der Waals surface area contributed by atoms with Gasteiger partial charge in [0.2, 0.25) is 0 Å². The van der Waals surface area contributed by atoms with Crippen molar-refractivity contribution in [2.24, 2.45) is 0 Å². The summed E-state index contributed by atoms with van der Waals surface area (Å²) in [6.45, 7) is 5.17. The molecular weight excluding hydrogens is 442 g/mol. The lowest BCUT2D eigenvalue weighted by molar-refractivity contribution is -0.384. The molecule has 0 unspecified atom stereocenters. The summed E-state index contributed by atoms with van der Waals surface area (Å²) >= 11 is 0. The lowest BCUT2D eigenvalue weighted by Gasteiger charge is -2.16. The van der Waals surface area contributed by atoms with Gasteiger partial charge >= 0.3 is 0 Å². The average Bonchev–Trinajstić information content (AvgIpc) is 3.05. The number of nitro groups is 1. The highest BCUT2D eigenvalue weighted by atomic mass is 16.6. The van der Waals surface area contributed by atoms with E-state index in [1.54, 1.807) is 25.3 Å². The van der Waals surface area contributed by atoms with Crippen LogP contribution in [0.15, 0.2) is 48.2 Å². The first-order valence-electron chi connectivity index (χ1n) is 10.9. The van der Waals surface area contributed by atoms with E-state index >= 15 is 0 Å². The summed E-state index contributed by atoms with van der Waals surface area (Å²) in [6.07, 6.45) is 0.479. The molecule has 180 valence electrons. The van der Waals surface area contributed by atoms with Crippen molar-refractivity contribution in [3.05, 3.63) is 63.8 Å². The third-order valence-electron chi connectivity index (χ3n) is 5.08. The summed E-state index contributed by atoms with van der Waals surface area (Å²) in [5.41, 5.74) is 1.05. The molecule has 0 fully saturated rings. The summed E-state index contributed by atoms with van der Waals surface area (Å²) in [5.74, 6) is 0.102. The highest BCUT2D eigenvalue weighted by Gasteiger charge is 2.39. The quantitative estimate of drug-likeness (QED) is 0.217. The Balaban J connectivity index is 2.01. The number of nitro benzene ring substituents is 1. The molecule has 1 heterocycles. The minimum atomic E-state index is -0.523. The number of benzene rings is 2. The average molecular weight is 469 g/mol. The van der Waals surface area contributed by atoms with Gasteiger partial charge < -0.3 is 19.5 Å². The molecule has 0 bridgehead atoms. The molecule has 0 aliphatic carbocycles. The lowest BCUT2D eigenvalue weighted by atomic mass is 10.0. The number of nitrogens with zero attached hydrogens (tertiary/aromatic N) is 2. The molecule has 0 saturated heterocycles. The molecule has 0 radical (unpaired) electrons. The Kier molecular flexibility index (Phi) is 8.20. The number of carbonyl (C=O) groups excluding carboxylic acids is 2. The fourth-order valence-corrected chi connectivity index (χ4v) is 3.55. The maximum absolute atomic E-state index is 13.2. The molecule has 10 nitrogen and oxygen atoms in total. The zero-order valence-corrected chi connectivity index (χ0v) is 19.3. The van der Waals surface area contributed by atoms with E-state index in [0.717, 1.165) is 4.90 Å². The van der Waals surface area contributed by atoms with E-state index < -0.39 is 16.7 Å². The Morgan fingerprint density at radius 2 is 1.65 bits per heavy atom. The van der Waals surface area contributed by atoms with E-state index in [9.17, 15) is 19.7 Å². The van der Waals surface area contributed by atoms with Crippen LogP contribution < -0.4 is 14.8 Å². The zero-order valence-electron chi connectivity index (χ0n) is 19.3. The zero-order chi connectivity index (χ0) is 24.7. The smallest absolute Gasteiger partial charge is 0.278 e. The monoisotopic (exact) mass is 469 g/mol. The molecule has 3 rings (SSSR count). The summed E-state index contributed by atoms with van der Waals surface area (Å²) < 4.78 is 16.3. The van der Waals surface area contributed by atoms with Crippen LogP contribution in [0.3, 0.4) is 0 Å². The Morgan fingerprint density at radius 3 is 2.26 bits per heavy atom. The van der Waals surface area contributed by atoms with Gasteiger partial charge in [-0.05, 0) is 50.1 Å². The Bertz CT molecular complexity index is 1100. The van der Waals surface area contributed by atoms with Crippen LogP contribution in [0.25, 0.3) is 5.57 Å². The molecule has 10 heteroatoms. The molecule has 0 aromatic heterocycles. The van der Waals surface area contributed by atoms with Crippen LogP contribution in [0.4, 0.5) is 11.4 Å². The third kappa shape index (κ3) is 5.34. The van der Waals surface area contributed by atoms with Crippen molar-refractivity contribution < 1.29 is 28.7 Å². The summed E-state index contributed by atoms with van der Waals surface area (Å²) in [7, 11) is 1.54. The van der Waals surface area contributed by atoms with E-state index in [4.69, 9.17) is 14.2 Å². The van der Waals surface area contributed by atoms with Gasteiger partial charge in [0.05, 0.1) is 23.7 Å². The highest BCUT2D eigenvalue weighted by molar-refractivity contribution is 6.36. The second kappa shape index (κ2) is 11.3. The number of hydrogen-bond donors (Lipinski definition) is 1. The second-order valence-corrected chi connectivity index (χ2v) is 7.31. The number of carbonyl (C=O) groups is 2. The molecule has 2 amide bonds. The number of hydrogen-bond acceptors (Lipinski definition) is 8. The number of anilines is 1. The first kappa shape index (κ1) is 24.7. The summed E-state index contributed by atoms with van der Waals surface area (Å²) in [4.78, 5) is 38.1. The maximum Gasteiger partial charge on any atom is 0.278 e. The van der Waals surface area contributed by atoms with Crippen LogP contribution in [-0.4, -0.2) is 55.1 Å². The number of ether oxygens (including phenoxy) is 3. The van der Waals surface area contributed by atoms with Gasteiger partial charge in [-0.15, -0.1) is 0 Å². The summed E-state index contributed by atoms with van der Waals surface area (Å²) in [5, 5.41) is 14.1. The predicted octanol–water partition coefficient (Wildman–Crippen LogP) is 3.62. The van der Waals surface area contributed by atoms with Gasteiger partial charge in [-0.3, -0.25) is 24.6 Å². The van der Waals surface area contributed by atoms with Crippen molar-refractivity contribution in [2.45, 2.75) is 20.3 Å². The van der Waals surface area contributed by atoms with Crippen molar-refractivity contribution in [2.75, 3.05) is 38.8 Å². The first-order valence-corrected chi connectivity index (χ1v) is 10.9. The second-order valence-electron chi connectivity index (χ2n) is 7.31. The van der Waals surface area contributed by atoms with Gasteiger partial charge in [-0.25, -0.2) is 0 Å². The van der Waals surface area contributed by atoms with Crippen LogP contribution in [0, 0.1) is 10.1 Å². The molecular formula is C24H27N3O7. The molecule has 0 atom stereocenters. The number of non-ortho nitro benzene ring substituents is 1. The summed E-state index contributed by atoms with van der Waals surface area (Å²) in [6, 6.07) is 10.7. The van der Waals surface area contributed by atoms with Crippen molar-refractivity contribution in [1.82, 2.24) is 4.90 Å². The molecule has 1 N–H and O–H groups in total. The van der Waals surface area contributed by atoms with Crippen molar-refractivity contribution >= 4 is 28.8 Å². The molecule has 34 heavy (non-hydrogen) atoms. The maximum atomic E-state index is 13.2.